The van der Waals surface area contributed by atoms with Gasteiger partial charge in [-0.3, -0.25) is 0 Å². The first-order valence-corrected chi connectivity index (χ1v) is 7.60. The van der Waals surface area contributed by atoms with Crippen LogP contribution >= 0.6 is 10.7 Å². The van der Waals surface area contributed by atoms with Crippen molar-refractivity contribution in [3.05, 3.63) is 46.4 Å². The predicted octanol–water partition coefficient (Wildman–Crippen LogP) is 3.44. The third-order valence-electron chi connectivity index (χ3n) is 2.78. The molecule has 0 aromatic carbocycles. The summed E-state index contributed by atoms with van der Waals surface area (Å²) in [4.78, 5) is 0.242. The molecular weight excluding hydrogens is 244 g/mol. The zero-order chi connectivity index (χ0) is 11.6. The van der Waals surface area contributed by atoms with Crippen LogP contribution in [0.15, 0.2) is 46.4 Å². The lowest BCUT2D eigenvalue weighted by atomic mass is 9.92. The molecule has 4 heteroatoms. The van der Waals surface area contributed by atoms with E-state index in [0.717, 1.165) is 31.3 Å². The average molecular weight is 257 g/mol. The Balaban J connectivity index is 2.30. The van der Waals surface area contributed by atoms with Crippen LogP contribution in [0.2, 0.25) is 0 Å². The maximum Gasteiger partial charge on any atom is 0.260 e. The number of allylic oxidation sites excluding steroid dienone is 7. The predicted molar refractivity (Wildman–Crippen MR) is 66.6 cm³/mol. The second-order valence-electron chi connectivity index (χ2n) is 3.91. The molecule has 0 saturated heterocycles. The largest absolute Gasteiger partial charge is 0.260 e. The lowest BCUT2D eigenvalue weighted by molar-refractivity contribution is 0.615. The zero-order valence-electron chi connectivity index (χ0n) is 8.82. The van der Waals surface area contributed by atoms with E-state index in [1.807, 2.05) is 6.08 Å². The summed E-state index contributed by atoms with van der Waals surface area (Å²) < 4.78 is 22.5. The van der Waals surface area contributed by atoms with Crippen LogP contribution in [0.25, 0.3) is 0 Å². The first kappa shape index (κ1) is 11.7. The Bertz CT molecular complexity index is 507. The van der Waals surface area contributed by atoms with Crippen molar-refractivity contribution in [1.82, 2.24) is 0 Å². The van der Waals surface area contributed by atoms with E-state index in [-0.39, 0.29) is 4.91 Å². The van der Waals surface area contributed by atoms with E-state index >= 15 is 0 Å². The van der Waals surface area contributed by atoms with Gasteiger partial charge in [-0.1, -0.05) is 24.3 Å². The molecule has 0 unspecified atom stereocenters. The van der Waals surface area contributed by atoms with E-state index in [9.17, 15) is 8.42 Å². The van der Waals surface area contributed by atoms with Gasteiger partial charge < -0.3 is 0 Å². The quantitative estimate of drug-likeness (QED) is 0.710. The summed E-state index contributed by atoms with van der Waals surface area (Å²) in [7, 11) is 1.76. The van der Waals surface area contributed by atoms with Gasteiger partial charge in [-0.05, 0) is 42.9 Å². The van der Waals surface area contributed by atoms with Gasteiger partial charge >= 0.3 is 0 Å². The molecule has 0 aromatic heterocycles. The normalized spacial score (nSPS) is 21.2. The van der Waals surface area contributed by atoms with Gasteiger partial charge in [0.05, 0.1) is 4.91 Å². The number of hydrogen-bond donors (Lipinski definition) is 0. The fraction of sp³-hybridized carbons (Fsp3) is 0.333. The van der Waals surface area contributed by atoms with Crippen molar-refractivity contribution < 1.29 is 8.42 Å². The number of halogens is 1. The van der Waals surface area contributed by atoms with Crippen molar-refractivity contribution in [2.45, 2.75) is 25.7 Å². The van der Waals surface area contributed by atoms with Gasteiger partial charge in [0.25, 0.3) is 9.05 Å². The minimum atomic E-state index is -3.59. The van der Waals surface area contributed by atoms with Crippen molar-refractivity contribution in [2.24, 2.45) is 0 Å². The van der Waals surface area contributed by atoms with Crippen LogP contribution in [-0.4, -0.2) is 8.42 Å². The molecule has 2 nitrogen and oxygen atoms in total. The Kier molecular flexibility index (Phi) is 3.36. The molecule has 86 valence electrons. The van der Waals surface area contributed by atoms with Crippen LogP contribution in [0.3, 0.4) is 0 Å². The summed E-state index contributed by atoms with van der Waals surface area (Å²) in [5, 5.41) is 0. The molecule has 2 rings (SSSR count). The SMILES string of the molecule is O=S(=O)(Cl)C1=CCCC(C2=CC=CCC2)=C1. The van der Waals surface area contributed by atoms with Crippen LogP contribution in [0.4, 0.5) is 0 Å². The van der Waals surface area contributed by atoms with E-state index in [0.29, 0.717) is 0 Å². The molecule has 0 bridgehead atoms. The summed E-state index contributed by atoms with van der Waals surface area (Å²) in [6.45, 7) is 0. The minimum absolute atomic E-state index is 0.242. The third-order valence-corrected chi connectivity index (χ3v) is 4.17. The molecule has 0 fully saturated rings. The monoisotopic (exact) mass is 256 g/mol. The number of rotatable bonds is 2. The second kappa shape index (κ2) is 4.60. The standard InChI is InChI=1S/C12H13ClO2S/c13-16(14,15)12-8-4-7-11(9-12)10-5-2-1-3-6-10/h1-2,5,8-9H,3-4,6-7H2. The molecule has 0 aliphatic heterocycles. The molecule has 0 radical (unpaired) electrons. The molecule has 0 aromatic rings. The lowest BCUT2D eigenvalue weighted by Gasteiger charge is -2.16. The van der Waals surface area contributed by atoms with Gasteiger partial charge in [0.1, 0.15) is 0 Å². The minimum Gasteiger partial charge on any atom is -0.207 e. The van der Waals surface area contributed by atoms with Gasteiger partial charge in [0.15, 0.2) is 0 Å². The van der Waals surface area contributed by atoms with E-state index in [1.165, 1.54) is 5.57 Å². The molecular formula is C12H13ClO2S. The molecule has 0 spiro atoms. The topological polar surface area (TPSA) is 34.1 Å². The molecule has 2 aliphatic carbocycles. The highest BCUT2D eigenvalue weighted by Crippen LogP contribution is 2.30. The Labute approximate surface area is 100 Å². The Hall–Kier alpha value is -0.800. The molecule has 0 amide bonds. The van der Waals surface area contributed by atoms with Crippen molar-refractivity contribution in [3.63, 3.8) is 0 Å². The molecule has 16 heavy (non-hydrogen) atoms. The summed E-state index contributed by atoms with van der Waals surface area (Å²) in [5.41, 5.74) is 2.33. The first-order valence-electron chi connectivity index (χ1n) is 5.29. The highest BCUT2D eigenvalue weighted by molar-refractivity contribution is 8.17. The van der Waals surface area contributed by atoms with Gasteiger partial charge in [0, 0.05) is 10.7 Å². The summed E-state index contributed by atoms with van der Waals surface area (Å²) in [6, 6.07) is 0. The molecule has 0 atom stereocenters. The fourth-order valence-electron chi connectivity index (χ4n) is 1.97. The lowest BCUT2D eigenvalue weighted by Crippen LogP contribution is -2.02. The van der Waals surface area contributed by atoms with Crippen LogP contribution < -0.4 is 0 Å². The molecule has 0 N–H and O–H groups in total. The summed E-state index contributed by atoms with van der Waals surface area (Å²) >= 11 is 0. The summed E-state index contributed by atoms with van der Waals surface area (Å²) in [6.07, 6.45) is 13.2. The zero-order valence-corrected chi connectivity index (χ0v) is 10.4. The van der Waals surface area contributed by atoms with Crippen molar-refractivity contribution in [1.29, 1.82) is 0 Å². The highest BCUT2D eigenvalue weighted by atomic mass is 35.7. The smallest absolute Gasteiger partial charge is 0.207 e. The van der Waals surface area contributed by atoms with Crippen LogP contribution in [0.5, 0.6) is 0 Å². The van der Waals surface area contributed by atoms with Crippen LogP contribution in [0, 0.1) is 0 Å². The highest BCUT2D eigenvalue weighted by Gasteiger charge is 2.17. The Morgan fingerprint density at radius 3 is 2.50 bits per heavy atom. The van der Waals surface area contributed by atoms with E-state index in [2.05, 4.69) is 12.2 Å². The van der Waals surface area contributed by atoms with Gasteiger partial charge in [0.2, 0.25) is 0 Å². The van der Waals surface area contributed by atoms with Gasteiger partial charge in [-0.2, -0.15) is 0 Å². The van der Waals surface area contributed by atoms with Crippen molar-refractivity contribution in [3.8, 4) is 0 Å². The van der Waals surface area contributed by atoms with Gasteiger partial charge in [-0.25, -0.2) is 8.42 Å². The van der Waals surface area contributed by atoms with Crippen LogP contribution in [0.1, 0.15) is 25.7 Å². The van der Waals surface area contributed by atoms with E-state index in [4.69, 9.17) is 10.7 Å². The fourth-order valence-corrected chi connectivity index (χ4v) is 2.89. The second-order valence-corrected chi connectivity index (χ2v) is 6.48. The maximum absolute atomic E-state index is 11.2. The van der Waals surface area contributed by atoms with Crippen molar-refractivity contribution >= 4 is 19.7 Å². The number of hydrogen-bond acceptors (Lipinski definition) is 2. The molecule has 0 saturated carbocycles. The van der Waals surface area contributed by atoms with Gasteiger partial charge in [-0.15, -0.1) is 0 Å². The molecule has 0 heterocycles. The van der Waals surface area contributed by atoms with Crippen LogP contribution in [-0.2, 0) is 9.05 Å². The van der Waals surface area contributed by atoms with Crippen molar-refractivity contribution in [2.75, 3.05) is 0 Å². The molecule has 2 aliphatic rings. The van der Waals surface area contributed by atoms with E-state index in [1.54, 1.807) is 12.2 Å². The summed E-state index contributed by atoms with van der Waals surface area (Å²) in [5.74, 6) is 0. The third kappa shape index (κ3) is 2.66. The Morgan fingerprint density at radius 2 is 1.88 bits per heavy atom. The van der Waals surface area contributed by atoms with E-state index < -0.39 is 9.05 Å². The maximum atomic E-state index is 11.2. The first-order chi connectivity index (χ1) is 7.57. The average Bonchev–Trinajstić information content (AvgIpc) is 2.29. The Morgan fingerprint density at radius 1 is 1.12 bits per heavy atom.